The molecule has 0 unspecified atom stereocenters. The Hall–Kier alpha value is -2.46. The SMILES string of the molecule is CN1C(=O)C(c2cccn2C)(c2cccn2C)c2cc(Cl)ccc21. The smallest absolute Gasteiger partial charge is 0.249 e. The quantitative estimate of drug-likeness (QED) is 0.704. The summed E-state index contributed by atoms with van der Waals surface area (Å²) in [6.07, 6.45) is 3.94. The summed E-state index contributed by atoms with van der Waals surface area (Å²) in [4.78, 5) is 15.3. The van der Waals surface area contributed by atoms with E-state index in [0.717, 1.165) is 22.6 Å². The number of fused-ring (bicyclic) bond motifs is 1. The lowest BCUT2D eigenvalue weighted by molar-refractivity contribution is -0.120. The summed E-state index contributed by atoms with van der Waals surface area (Å²) in [5, 5.41) is 0.629. The number of benzene rings is 1. The molecule has 0 saturated heterocycles. The highest BCUT2D eigenvalue weighted by Gasteiger charge is 2.55. The van der Waals surface area contributed by atoms with Crippen LogP contribution in [0.2, 0.25) is 5.02 Å². The topological polar surface area (TPSA) is 30.2 Å². The van der Waals surface area contributed by atoms with Gasteiger partial charge < -0.3 is 14.0 Å². The fourth-order valence-electron chi connectivity index (χ4n) is 3.90. The number of carbonyl (C=O) groups is 1. The number of likely N-dealkylation sites (N-methyl/N-ethyl adjacent to an activating group) is 1. The molecule has 0 saturated carbocycles. The van der Waals surface area contributed by atoms with Crippen molar-refractivity contribution in [1.29, 1.82) is 0 Å². The van der Waals surface area contributed by atoms with E-state index in [1.54, 1.807) is 4.90 Å². The minimum atomic E-state index is -0.897. The number of aryl methyl sites for hydroxylation is 2. The molecule has 3 aromatic rings. The van der Waals surface area contributed by atoms with Gasteiger partial charge in [-0.2, -0.15) is 0 Å². The molecule has 0 bridgehead atoms. The molecular weight excluding hydrogens is 322 g/mol. The van der Waals surface area contributed by atoms with Gasteiger partial charge in [-0.1, -0.05) is 11.6 Å². The standard InChI is InChI=1S/C19H18ClN3O/c1-21-10-4-6-16(21)19(17-7-5-11-22(17)2)14-12-13(20)8-9-15(14)23(3)18(19)24/h4-12H,1-3H3. The van der Waals surface area contributed by atoms with Crippen molar-refractivity contribution in [2.75, 3.05) is 11.9 Å². The van der Waals surface area contributed by atoms with E-state index in [9.17, 15) is 4.79 Å². The Morgan fingerprint density at radius 2 is 1.50 bits per heavy atom. The number of rotatable bonds is 2. The number of nitrogens with zero attached hydrogens (tertiary/aromatic N) is 3. The molecule has 0 atom stereocenters. The Balaban J connectivity index is 2.17. The number of amides is 1. The fourth-order valence-corrected chi connectivity index (χ4v) is 4.08. The van der Waals surface area contributed by atoms with E-state index in [1.807, 2.05) is 85.1 Å². The fraction of sp³-hybridized carbons (Fsp3) is 0.211. The van der Waals surface area contributed by atoms with Gasteiger partial charge in [0, 0.05) is 61.2 Å². The van der Waals surface area contributed by atoms with Gasteiger partial charge in [-0.3, -0.25) is 4.79 Å². The van der Waals surface area contributed by atoms with E-state index in [1.165, 1.54) is 0 Å². The zero-order valence-electron chi connectivity index (χ0n) is 13.8. The second kappa shape index (κ2) is 5.02. The lowest BCUT2D eigenvalue weighted by Gasteiger charge is -2.30. The number of halogens is 1. The van der Waals surface area contributed by atoms with Crippen LogP contribution >= 0.6 is 11.6 Å². The van der Waals surface area contributed by atoms with E-state index in [0.29, 0.717) is 5.02 Å². The van der Waals surface area contributed by atoms with Gasteiger partial charge in [-0.05, 0) is 42.5 Å². The Morgan fingerprint density at radius 1 is 0.917 bits per heavy atom. The largest absolute Gasteiger partial charge is 0.353 e. The zero-order valence-corrected chi connectivity index (χ0v) is 14.6. The van der Waals surface area contributed by atoms with Gasteiger partial charge in [0.25, 0.3) is 0 Å². The van der Waals surface area contributed by atoms with Crippen LogP contribution in [-0.4, -0.2) is 22.1 Å². The van der Waals surface area contributed by atoms with Crippen LogP contribution in [0, 0.1) is 0 Å². The minimum absolute atomic E-state index is 0.0309. The molecule has 1 aliphatic rings. The third kappa shape index (κ3) is 1.72. The number of carbonyl (C=O) groups excluding carboxylic acids is 1. The molecule has 5 heteroatoms. The maximum atomic E-state index is 13.6. The minimum Gasteiger partial charge on any atom is -0.353 e. The lowest BCUT2D eigenvalue weighted by atomic mass is 9.75. The number of aromatic nitrogens is 2. The van der Waals surface area contributed by atoms with Gasteiger partial charge in [0.15, 0.2) is 5.41 Å². The predicted octanol–water partition coefficient (Wildman–Crippen LogP) is 3.33. The second-order valence-electron chi connectivity index (χ2n) is 6.28. The molecule has 24 heavy (non-hydrogen) atoms. The molecule has 1 aliphatic heterocycles. The number of hydrogen-bond acceptors (Lipinski definition) is 1. The van der Waals surface area contributed by atoms with Crippen molar-refractivity contribution in [3.63, 3.8) is 0 Å². The summed E-state index contributed by atoms with van der Waals surface area (Å²) in [6, 6.07) is 13.6. The zero-order chi connectivity index (χ0) is 17.1. The molecule has 1 aromatic carbocycles. The highest BCUT2D eigenvalue weighted by molar-refractivity contribution is 6.31. The Morgan fingerprint density at radius 3 is 2.00 bits per heavy atom. The average Bonchev–Trinajstić information content (AvgIpc) is 3.22. The van der Waals surface area contributed by atoms with Gasteiger partial charge in [0.1, 0.15) is 0 Å². The van der Waals surface area contributed by atoms with Crippen molar-refractivity contribution < 1.29 is 4.79 Å². The van der Waals surface area contributed by atoms with Gasteiger partial charge in [0.05, 0.1) is 0 Å². The first-order chi connectivity index (χ1) is 11.5. The van der Waals surface area contributed by atoms with Crippen molar-refractivity contribution in [2.24, 2.45) is 14.1 Å². The molecule has 0 N–H and O–H groups in total. The number of anilines is 1. The van der Waals surface area contributed by atoms with Crippen molar-refractivity contribution in [3.8, 4) is 0 Å². The van der Waals surface area contributed by atoms with Gasteiger partial charge in [-0.15, -0.1) is 0 Å². The molecule has 1 amide bonds. The van der Waals surface area contributed by atoms with Gasteiger partial charge in [0.2, 0.25) is 5.91 Å². The average molecular weight is 340 g/mol. The molecule has 3 heterocycles. The first-order valence-corrected chi connectivity index (χ1v) is 8.17. The highest BCUT2D eigenvalue weighted by atomic mass is 35.5. The summed E-state index contributed by atoms with van der Waals surface area (Å²) < 4.78 is 4.02. The molecular formula is C19H18ClN3O. The van der Waals surface area contributed by atoms with Crippen LogP contribution in [0.15, 0.2) is 54.9 Å². The normalized spacial score (nSPS) is 15.8. The maximum absolute atomic E-state index is 13.6. The van der Waals surface area contributed by atoms with Crippen LogP contribution in [0.25, 0.3) is 0 Å². The van der Waals surface area contributed by atoms with Crippen LogP contribution in [0.1, 0.15) is 17.0 Å². The van der Waals surface area contributed by atoms with Crippen LogP contribution in [0.5, 0.6) is 0 Å². The summed E-state index contributed by atoms with van der Waals surface area (Å²) in [5.41, 5.74) is 2.79. The summed E-state index contributed by atoms with van der Waals surface area (Å²) in [7, 11) is 5.76. The molecule has 122 valence electrons. The first kappa shape index (κ1) is 15.1. The maximum Gasteiger partial charge on any atom is 0.249 e. The Kier molecular flexibility index (Phi) is 3.15. The molecule has 0 spiro atoms. The predicted molar refractivity (Wildman–Crippen MR) is 95.6 cm³/mol. The summed E-state index contributed by atoms with van der Waals surface area (Å²) in [6.45, 7) is 0. The molecule has 4 rings (SSSR count). The molecule has 0 radical (unpaired) electrons. The van der Waals surface area contributed by atoms with Crippen LogP contribution in [-0.2, 0) is 24.3 Å². The Bertz CT molecular complexity index is 913. The third-order valence-corrected chi connectivity index (χ3v) is 5.24. The third-order valence-electron chi connectivity index (χ3n) is 5.01. The van der Waals surface area contributed by atoms with Gasteiger partial charge in [-0.25, -0.2) is 0 Å². The number of hydrogen-bond donors (Lipinski definition) is 0. The second-order valence-corrected chi connectivity index (χ2v) is 6.72. The van der Waals surface area contributed by atoms with E-state index in [-0.39, 0.29) is 5.91 Å². The van der Waals surface area contributed by atoms with Crippen LogP contribution in [0.3, 0.4) is 0 Å². The van der Waals surface area contributed by atoms with Crippen molar-refractivity contribution in [2.45, 2.75) is 5.41 Å². The highest BCUT2D eigenvalue weighted by Crippen LogP contribution is 2.50. The first-order valence-electron chi connectivity index (χ1n) is 7.79. The molecule has 0 aliphatic carbocycles. The van der Waals surface area contributed by atoms with E-state index in [4.69, 9.17) is 11.6 Å². The molecule has 2 aromatic heterocycles. The van der Waals surface area contributed by atoms with Crippen molar-refractivity contribution in [1.82, 2.24) is 9.13 Å². The van der Waals surface area contributed by atoms with Gasteiger partial charge >= 0.3 is 0 Å². The van der Waals surface area contributed by atoms with Crippen molar-refractivity contribution in [3.05, 3.63) is 76.8 Å². The van der Waals surface area contributed by atoms with Crippen LogP contribution < -0.4 is 4.90 Å². The molecule has 0 fully saturated rings. The summed E-state index contributed by atoms with van der Waals surface area (Å²) >= 11 is 6.31. The van der Waals surface area contributed by atoms with Crippen LogP contribution in [0.4, 0.5) is 5.69 Å². The molecule has 4 nitrogen and oxygen atoms in total. The monoisotopic (exact) mass is 339 g/mol. The van der Waals surface area contributed by atoms with E-state index >= 15 is 0 Å². The van der Waals surface area contributed by atoms with E-state index < -0.39 is 5.41 Å². The van der Waals surface area contributed by atoms with E-state index in [2.05, 4.69) is 0 Å². The Labute approximate surface area is 145 Å². The summed E-state index contributed by atoms with van der Waals surface area (Å²) in [5.74, 6) is 0.0309. The van der Waals surface area contributed by atoms with Crippen molar-refractivity contribution >= 4 is 23.2 Å². The lowest BCUT2D eigenvalue weighted by Crippen LogP contribution is -2.43.